The normalized spacial score (nSPS) is 28.5. The van der Waals surface area contributed by atoms with E-state index in [0.717, 1.165) is 18.4 Å². The van der Waals surface area contributed by atoms with Crippen LogP contribution < -0.4 is 4.74 Å². The van der Waals surface area contributed by atoms with Crippen molar-refractivity contribution >= 4 is 22.1 Å². The maximum absolute atomic E-state index is 6.46. The summed E-state index contributed by atoms with van der Waals surface area (Å²) in [6.07, 6.45) is 3.92. The van der Waals surface area contributed by atoms with Crippen LogP contribution >= 0.6 is 11.3 Å². The second-order valence-corrected chi connectivity index (χ2v) is 8.60. The first kappa shape index (κ1) is 16.3. The predicted octanol–water partition coefficient (Wildman–Crippen LogP) is 5.55. The molecule has 134 valence electrons. The van der Waals surface area contributed by atoms with Gasteiger partial charge in [0, 0.05) is 23.4 Å². The van der Waals surface area contributed by atoms with Gasteiger partial charge in [-0.3, -0.25) is 0 Å². The van der Waals surface area contributed by atoms with E-state index in [2.05, 4.69) is 71.2 Å². The highest BCUT2D eigenvalue weighted by molar-refractivity contribution is 7.08. The summed E-state index contributed by atoms with van der Waals surface area (Å²) >= 11 is 1.82. The molecule has 0 saturated carbocycles. The first-order valence-electron chi connectivity index (χ1n) is 9.66. The zero-order valence-corrected chi connectivity index (χ0v) is 16.0. The van der Waals surface area contributed by atoms with E-state index in [9.17, 15) is 0 Å². The molecule has 0 N–H and O–H groups in total. The fraction of sp³-hybridized carbons (Fsp3) is 0.391. The zero-order chi connectivity index (χ0) is 17.5. The number of fused-ring (bicyclic) bond motifs is 3. The topological polar surface area (TPSA) is 12.5 Å². The Kier molecular flexibility index (Phi) is 4.22. The van der Waals surface area contributed by atoms with Crippen LogP contribution in [0.2, 0.25) is 0 Å². The van der Waals surface area contributed by atoms with Gasteiger partial charge in [0.25, 0.3) is 0 Å². The van der Waals surface area contributed by atoms with Gasteiger partial charge in [0.1, 0.15) is 5.75 Å². The van der Waals surface area contributed by atoms with E-state index >= 15 is 0 Å². The Hall–Kier alpha value is -1.84. The maximum atomic E-state index is 6.46. The molecule has 26 heavy (non-hydrogen) atoms. The largest absolute Gasteiger partial charge is 0.493 e. The highest BCUT2D eigenvalue weighted by Gasteiger charge is 2.46. The number of ether oxygens (including phenoxy) is 1. The Balaban J connectivity index is 1.43. The number of hydrogen-bond acceptors (Lipinski definition) is 3. The summed E-state index contributed by atoms with van der Waals surface area (Å²) in [6.45, 7) is 0.802. The average Bonchev–Trinajstić information content (AvgIpc) is 3.28. The molecule has 5 rings (SSSR count). The Morgan fingerprint density at radius 3 is 2.85 bits per heavy atom. The van der Waals surface area contributed by atoms with E-state index in [1.807, 2.05) is 11.3 Å². The van der Waals surface area contributed by atoms with Crippen molar-refractivity contribution in [1.82, 2.24) is 4.90 Å². The van der Waals surface area contributed by atoms with Gasteiger partial charge in [-0.15, -0.1) is 0 Å². The third kappa shape index (κ3) is 2.74. The second-order valence-electron chi connectivity index (χ2n) is 7.82. The number of thiophene rings is 1. The van der Waals surface area contributed by atoms with E-state index in [-0.39, 0.29) is 0 Å². The molecule has 3 heteroatoms. The number of rotatable bonds is 4. The Morgan fingerprint density at radius 1 is 1.08 bits per heavy atom. The molecule has 4 unspecified atom stereocenters. The summed E-state index contributed by atoms with van der Waals surface area (Å²) < 4.78 is 6.46. The SMILES string of the molecule is CN1C2CCC1C(COc1cccc3ccccc13)C(c1ccsc1)C2. The molecule has 2 aromatic carbocycles. The molecule has 2 aliphatic heterocycles. The maximum Gasteiger partial charge on any atom is 0.127 e. The molecule has 2 saturated heterocycles. The molecule has 2 fully saturated rings. The second kappa shape index (κ2) is 6.71. The summed E-state index contributed by atoms with van der Waals surface area (Å²) in [6, 6.07) is 18.6. The molecule has 0 amide bonds. The van der Waals surface area contributed by atoms with Crippen LogP contribution in [-0.4, -0.2) is 30.6 Å². The highest BCUT2D eigenvalue weighted by Crippen LogP contribution is 2.46. The smallest absolute Gasteiger partial charge is 0.127 e. The third-order valence-electron chi connectivity index (χ3n) is 6.58. The first-order valence-corrected chi connectivity index (χ1v) is 10.6. The molecule has 2 nitrogen and oxygen atoms in total. The van der Waals surface area contributed by atoms with Crippen molar-refractivity contribution < 1.29 is 4.74 Å². The van der Waals surface area contributed by atoms with Gasteiger partial charge in [-0.25, -0.2) is 0 Å². The van der Waals surface area contributed by atoms with Crippen LogP contribution in [0.25, 0.3) is 10.8 Å². The Bertz CT molecular complexity index is 885. The molecule has 4 atom stereocenters. The van der Waals surface area contributed by atoms with E-state index < -0.39 is 0 Å². The van der Waals surface area contributed by atoms with Crippen LogP contribution in [0.5, 0.6) is 5.75 Å². The minimum Gasteiger partial charge on any atom is -0.493 e. The quantitative estimate of drug-likeness (QED) is 0.603. The number of hydrogen-bond donors (Lipinski definition) is 0. The van der Waals surface area contributed by atoms with Crippen molar-refractivity contribution in [2.75, 3.05) is 13.7 Å². The summed E-state index contributed by atoms with van der Waals surface area (Å²) in [4.78, 5) is 2.62. The molecule has 3 heterocycles. The van der Waals surface area contributed by atoms with Gasteiger partial charge in [-0.05, 0) is 66.1 Å². The lowest BCUT2D eigenvalue weighted by atomic mass is 9.77. The van der Waals surface area contributed by atoms with Crippen LogP contribution in [-0.2, 0) is 0 Å². The lowest BCUT2D eigenvalue weighted by Crippen LogP contribution is -2.47. The lowest BCUT2D eigenvalue weighted by Gasteiger charge is -2.42. The average molecular weight is 364 g/mol. The summed E-state index contributed by atoms with van der Waals surface area (Å²) in [5.41, 5.74) is 1.52. The van der Waals surface area contributed by atoms with Crippen LogP contribution in [0.4, 0.5) is 0 Å². The highest BCUT2D eigenvalue weighted by atomic mass is 32.1. The summed E-state index contributed by atoms with van der Waals surface area (Å²) in [5.74, 6) is 2.21. The minimum absolute atomic E-state index is 0.562. The molecule has 0 aliphatic carbocycles. The molecular weight excluding hydrogens is 338 g/mol. The molecular formula is C23H25NOS. The Labute approximate surface area is 159 Å². The predicted molar refractivity (Wildman–Crippen MR) is 109 cm³/mol. The van der Waals surface area contributed by atoms with E-state index in [1.165, 1.54) is 35.6 Å². The number of benzene rings is 2. The van der Waals surface area contributed by atoms with Crippen molar-refractivity contribution in [1.29, 1.82) is 0 Å². The summed E-state index contributed by atoms with van der Waals surface area (Å²) in [7, 11) is 2.32. The van der Waals surface area contributed by atoms with Gasteiger partial charge in [0.05, 0.1) is 6.61 Å². The number of piperidine rings is 1. The summed E-state index contributed by atoms with van der Waals surface area (Å²) in [5, 5.41) is 7.04. The van der Waals surface area contributed by atoms with Crippen LogP contribution in [0.3, 0.4) is 0 Å². The first-order chi connectivity index (χ1) is 12.8. The molecule has 0 radical (unpaired) electrons. The van der Waals surface area contributed by atoms with Gasteiger partial charge in [-0.1, -0.05) is 36.4 Å². The van der Waals surface area contributed by atoms with Crippen molar-refractivity contribution in [3.05, 3.63) is 64.9 Å². The molecule has 3 aromatic rings. The van der Waals surface area contributed by atoms with Gasteiger partial charge >= 0.3 is 0 Å². The van der Waals surface area contributed by atoms with Crippen molar-refractivity contribution in [2.24, 2.45) is 5.92 Å². The van der Waals surface area contributed by atoms with Crippen LogP contribution in [0.15, 0.2) is 59.3 Å². The van der Waals surface area contributed by atoms with Gasteiger partial charge in [0.15, 0.2) is 0 Å². The lowest BCUT2D eigenvalue weighted by molar-refractivity contribution is 0.0671. The Morgan fingerprint density at radius 2 is 1.96 bits per heavy atom. The third-order valence-corrected chi connectivity index (χ3v) is 7.29. The van der Waals surface area contributed by atoms with Gasteiger partial charge < -0.3 is 9.64 Å². The zero-order valence-electron chi connectivity index (χ0n) is 15.2. The fourth-order valence-corrected chi connectivity index (χ4v) is 5.91. The molecule has 0 spiro atoms. The monoisotopic (exact) mass is 363 g/mol. The number of nitrogens with zero attached hydrogens (tertiary/aromatic N) is 1. The molecule has 2 bridgehead atoms. The van der Waals surface area contributed by atoms with Crippen LogP contribution in [0, 0.1) is 5.92 Å². The molecule has 1 aromatic heterocycles. The van der Waals surface area contributed by atoms with Crippen molar-refractivity contribution in [2.45, 2.75) is 37.3 Å². The van der Waals surface area contributed by atoms with Crippen LogP contribution in [0.1, 0.15) is 30.7 Å². The fourth-order valence-electron chi connectivity index (χ4n) is 5.18. The molecule has 2 aliphatic rings. The van der Waals surface area contributed by atoms with Crippen molar-refractivity contribution in [3.8, 4) is 5.75 Å². The van der Waals surface area contributed by atoms with E-state index in [0.29, 0.717) is 17.9 Å². The van der Waals surface area contributed by atoms with Gasteiger partial charge in [0.2, 0.25) is 0 Å². The van der Waals surface area contributed by atoms with E-state index in [1.54, 1.807) is 0 Å². The standard InChI is InChI=1S/C23H25NOS/c1-24-18-9-10-22(24)21(20(13-18)17-11-12-26-15-17)14-25-23-8-4-6-16-5-2-3-7-19(16)23/h2-8,11-12,15,18,20-22H,9-10,13-14H2,1H3. The van der Waals surface area contributed by atoms with Gasteiger partial charge in [-0.2, -0.15) is 11.3 Å². The van der Waals surface area contributed by atoms with E-state index in [4.69, 9.17) is 4.74 Å². The van der Waals surface area contributed by atoms with Crippen molar-refractivity contribution in [3.63, 3.8) is 0 Å². The minimum atomic E-state index is 0.562.